The van der Waals surface area contributed by atoms with Gasteiger partial charge in [-0.1, -0.05) is 0 Å². The Morgan fingerprint density at radius 1 is 1.58 bits per heavy atom. The van der Waals surface area contributed by atoms with E-state index in [9.17, 15) is 4.79 Å². The predicted molar refractivity (Wildman–Crippen MR) is 73.2 cm³/mol. The van der Waals surface area contributed by atoms with Crippen molar-refractivity contribution in [3.05, 3.63) is 21.9 Å². The first kappa shape index (κ1) is 12.5. The number of rotatable bonds is 4. The number of nitrogens with zero attached hydrogens (tertiary/aromatic N) is 3. The molecule has 2 heterocycles. The van der Waals surface area contributed by atoms with E-state index >= 15 is 0 Å². The average molecular weight is 277 g/mol. The molecule has 5 nitrogen and oxygen atoms in total. The fraction of sp³-hybridized carbons (Fsp3) is 0.538. The summed E-state index contributed by atoms with van der Waals surface area (Å²) < 4.78 is 9.06. The molecule has 0 unspecified atom stereocenters. The number of aryl methyl sites for hydroxylation is 1. The van der Waals surface area contributed by atoms with Crippen LogP contribution in [0.1, 0.15) is 19.3 Å². The second-order valence-corrected chi connectivity index (χ2v) is 5.81. The smallest absolute Gasteiger partial charge is 0.329 e. The van der Waals surface area contributed by atoms with Gasteiger partial charge in [0, 0.05) is 7.05 Å². The highest BCUT2D eigenvalue weighted by atomic mass is 32.1. The number of ether oxygens (including phenoxy) is 1. The first-order valence-electron chi connectivity index (χ1n) is 6.35. The third kappa shape index (κ3) is 1.90. The van der Waals surface area contributed by atoms with E-state index in [2.05, 4.69) is 6.07 Å². The van der Waals surface area contributed by atoms with Crippen LogP contribution < -0.4 is 5.69 Å². The van der Waals surface area contributed by atoms with Gasteiger partial charge in [0.1, 0.15) is 4.83 Å². The van der Waals surface area contributed by atoms with Crippen LogP contribution in [0.5, 0.6) is 0 Å². The number of nitriles is 1. The van der Waals surface area contributed by atoms with E-state index in [1.54, 1.807) is 27.5 Å². The number of hydrogen-bond donors (Lipinski definition) is 0. The summed E-state index contributed by atoms with van der Waals surface area (Å²) in [5.74, 6) is 0. The molecule has 1 aliphatic carbocycles. The second-order valence-electron chi connectivity index (χ2n) is 4.91. The van der Waals surface area contributed by atoms with E-state index in [-0.39, 0.29) is 5.69 Å². The lowest BCUT2D eigenvalue weighted by atomic mass is 9.81. The van der Waals surface area contributed by atoms with Crippen LogP contribution >= 0.6 is 11.3 Å². The van der Waals surface area contributed by atoms with Crippen molar-refractivity contribution in [3.8, 4) is 6.07 Å². The molecule has 0 spiro atoms. The Morgan fingerprint density at radius 3 is 3.00 bits per heavy atom. The van der Waals surface area contributed by atoms with E-state index in [0.717, 1.165) is 29.6 Å². The lowest BCUT2D eigenvalue weighted by Gasteiger charge is -2.34. The molecule has 6 heteroatoms. The first-order chi connectivity index (χ1) is 9.17. The summed E-state index contributed by atoms with van der Waals surface area (Å²) in [6, 6.07) is 4.19. The maximum Gasteiger partial charge on any atom is 0.329 e. The minimum absolute atomic E-state index is 0.0231. The van der Waals surface area contributed by atoms with Gasteiger partial charge in [0.05, 0.1) is 24.7 Å². The molecule has 0 N–H and O–H groups in total. The number of imidazole rings is 1. The van der Waals surface area contributed by atoms with Gasteiger partial charge in [-0.25, -0.2) is 4.79 Å². The summed E-state index contributed by atoms with van der Waals surface area (Å²) in [5.41, 5.74) is 0.331. The Bertz CT molecular complexity index is 700. The molecule has 100 valence electrons. The minimum Gasteiger partial charge on any atom is -0.358 e. The van der Waals surface area contributed by atoms with Crippen LogP contribution in [0, 0.1) is 11.3 Å². The summed E-state index contributed by atoms with van der Waals surface area (Å²) >= 11 is 1.56. The molecule has 3 rings (SSSR count). The molecule has 0 aromatic carbocycles. The third-order valence-corrected chi connectivity index (χ3v) is 4.77. The molecular formula is C13H15N3O2S. The summed E-state index contributed by atoms with van der Waals surface area (Å²) in [5, 5.41) is 11.1. The van der Waals surface area contributed by atoms with Crippen LogP contribution in [-0.4, -0.2) is 21.3 Å². The molecule has 0 bridgehead atoms. The van der Waals surface area contributed by atoms with Crippen LogP contribution in [0.15, 0.2) is 16.2 Å². The highest BCUT2D eigenvalue weighted by Crippen LogP contribution is 2.34. The second kappa shape index (κ2) is 4.51. The molecule has 19 heavy (non-hydrogen) atoms. The Hall–Kier alpha value is -1.58. The molecular weight excluding hydrogens is 262 g/mol. The van der Waals surface area contributed by atoms with Crippen LogP contribution in [0.25, 0.3) is 10.3 Å². The molecule has 1 fully saturated rings. The minimum atomic E-state index is -0.591. The van der Waals surface area contributed by atoms with Gasteiger partial charge >= 0.3 is 5.69 Å². The standard InChI is InChI=1S/C13H15N3O2S/c1-15-11-10(3-8-19-11)16(12(15)17)6-7-18-13(9-14)4-2-5-13/h3,8H,2,4-7H2,1H3. The van der Waals surface area contributed by atoms with Gasteiger partial charge in [0.25, 0.3) is 0 Å². The van der Waals surface area contributed by atoms with Gasteiger partial charge in [0.2, 0.25) is 0 Å². The van der Waals surface area contributed by atoms with E-state index in [1.165, 1.54) is 0 Å². The number of thiophene rings is 1. The van der Waals surface area contributed by atoms with Gasteiger partial charge < -0.3 is 4.74 Å². The van der Waals surface area contributed by atoms with Crippen molar-refractivity contribution in [2.24, 2.45) is 7.05 Å². The van der Waals surface area contributed by atoms with Crippen LogP contribution in [-0.2, 0) is 18.3 Å². The van der Waals surface area contributed by atoms with E-state index in [1.807, 2.05) is 11.4 Å². The summed E-state index contributed by atoms with van der Waals surface area (Å²) in [6.45, 7) is 0.902. The Morgan fingerprint density at radius 2 is 2.37 bits per heavy atom. The van der Waals surface area contributed by atoms with Crippen LogP contribution in [0.2, 0.25) is 0 Å². The fourth-order valence-electron chi connectivity index (χ4n) is 2.46. The molecule has 1 saturated carbocycles. The Kier molecular flexibility index (Phi) is 2.96. The predicted octanol–water partition coefficient (Wildman–Crippen LogP) is 1.86. The van der Waals surface area contributed by atoms with Crippen molar-refractivity contribution in [1.82, 2.24) is 9.13 Å². The topological polar surface area (TPSA) is 59.9 Å². The van der Waals surface area contributed by atoms with Gasteiger partial charge in [-0.15, -0.1) is 11.3 Å². The molecule has 0 saturated heterocycles. The maximum atomic E-state index is 12.1. The number of aromatic nitrogens is 2. The zero-order valence-corrected chi connectivity index (χ0v) is 11.6. The highest BCUT2D eigenvalue weighted by Gasteiger charge is 2.38. The molecule has 0 amide bonds. The zero-order chi connectivity index (χ0) is 13.5. The van der Waals surface area contributed by atoms with E-state index in [4.69, 9.17) is 10.00 Å². The summed E-state index contributed by atoms with van der Waals surface area (Å²) in [4.78, 5) is 13.0. The van der Waals surface area contributed by atoms with Crippen molar-refractivity contribution >= 4 is 21.7 Å². The summed E-state index contributed by atoms with van der Waals surface area (Å²) in [7, 11) is 1.78. The van der Waals surface area contributed by atoms with Crippen molar-refractivity contribution in [1.29, 1.82) is 5.26 Å². The van der Waals surface area contributed by atoms with Gasteiger partial charge in [-0.2, -0.15) is 5.26 Å². The van der Waals surface area contributed by atoms with E-state index < -0.39 is 5.60 Å². The van der Waals surface area contributed by atoms with Crippen molar-refractivity contribution < 1.29 is 4.74 Å². The molecule has 2 aromatic rings. The average Bonchev–Trinajstić information content (AvgIpc) is 2.91. The lowest BCUT2D eigenvalue weighted by molar-refractivity contribution is -0.0586. The van der Waals surface area contributed by atoms with Crippen LogP contribution in [0.4, 0.5) is 0 Å². The quantitative estimate of drug-likeness (QED) is 0.857. The number of fused-ring (bicyclic) bond motifs is 1. The SMILES string of the molecule is Cn1c(=O)n(CCOC2(C#N)CCC2)c2ccsc21. The Labute approximate surface area is 114 Å². The maximum absolute atomic E-state index is 12.1. The molecule has 0 aliphatic heterocycles. The largest absolute Gasteiger partial charge is 0.358 e. The van der Waals surface area contributed by atoms with Crippen molar-refractivity contribution in [2.45, 2.75) is 31.4 Å². The van der Waals surface area contributed by atoms with E-state index in [0.29, 0.717) is 13.2 Å². The van der Waals surface area contributed by atoms with Gasteiger partial charge in [-0.3, -0.25) is 9.13 Å². The monoisotopic (exact) mass is 277 g/mol. The molecule has 0 radical (unpaired) electrons. The molecule has 2 aromatic heterocycles. The van der Waals surface area contributed by atoms with Crippen molar-refractivity contribution in [3.63, 3.8) is 0 Å². The number of hydrogen-bond acceptors (Lipinski definition) is 4. The third-order valence-electron chi connectivity index (χ3n) is 3.80. The van der Waals surface area contributed by atoms with Gasteiger partial charge in [-0.05, 0) is 30.7 Å². The normalized spacial score (nSPS) is 17.3. The first-order valence-corrected chi connectivity index (χ1v) is 7.23. The van der Waals surface area contributed by atoms with Gasteiger partial charge in [0.15, 0.2) is 5.60 Å². The lowest BCUT2D eigenvalue weighted by Crippen LogP contribution is -2.39. The molecule has 0 atom stereocenters. The molecule has 1 aliphatic rings. The van der Waals surface area contributed by atoms with Crippen LogP contribution in [0.3, 0.4) is 0 Å². The Balaban J connectivity index is 1.76. The summed E-state index contributed by atoms with van der Waals surface area (Å²) in [6.07, 6.45) is 2.66. The van der Waals surface area contributed by atoms with Crippen molar-refractivity contribution in [2.75, 3.05) is 6.61 Å². The fourth-order valence-corrected chi connectivity index (χ4v) is 3.32. The zero-order valence-electron chi connectivity index (χ0n) is 10.8. The highest BCUT2D eigenvalue weighted by molar-refractivity contribution is 7.16.